The number of aromatic hydroxyl groups is 1. The highest BCUT2D eigenvalue weighted by Crippen LogP contribution is 2.44. The lowest BCUT2D eigenvalue weighted by atomic mass is 9.98. The van der Waals surface area contributed by atoms with Gasteiger partial charge in [0.15, 0.2) is 0 Å². The molecule has 3 aromatic carbocycles. The number of benzene rings is 3. The molecule has 1 aliphatic carbocycles. The van der Waals surface area contributed by atoms with E-state index in [9.17, 15) is 9.90 Å². The number of carbonyl (C=O) groups is 1. The third-order valence-corrected chi connectivity index (χ3v) is 5.05. The molecule has 1 amide bonds. The van der Waals surface area contributed by atoms with Gasteiger partial charge in [-0.05, 0) is 46.4 Å². The van der Waals surface area contributed by atoms with E-state index in [-0.39, 0.29) is 11.7 Å². The molecule has 0 fully saturated rings. The van der Waals surface area contributed by atoms with E-state index < -0.39 is 6.09 Å². The van der Waals surface area contributed by atoms with Crippen molar-refractivity contribution in [3.63, 3.8) is 0 Å². The minimum atomic E-state index is -0.461. The number of amides is 1. The summed E-state index contributed by atoms with van der Waals surface area (Å²) in [7, 11) is 0. The van der Waals surface area contributed by atoms with Gasteiger partial charge in [0, 0.05) is 12.5 Å². The number of carbonyl (C=O) groups excluding carboxylic acids is 1. The second-order valence-electron chi connectivity index (χ2n) is 6.80. The molecule has 4 rings (SSSR count). The molecule has 3 aromatic rings. The van der Waals surface area contributed by atoms with Crippen molar-refractivity contribution in [2.24, 2.45) is 0 Å². The molecule has 4 heteroatoms. The van der Waals surface area contributed by atoms with Gasteiger partial charge in [0.1, 0.15) is 12.4 Å². The Morgan fingerprint density at radius 3 is 2.26 bits per heavy atom. The van der Waals surface area contributed by atoms with Gasteiger partial charge in [-0.25, -0.2) is 4.79 Å². The van der Waals surface area contributed by atoms with E-state index in [1.807, 2.05) is 43.3 Å². The van der Waals surface area contributed by atoms with E-state index in [4.69, 9.17) is 4.74 Å². The zero-order valence-corrected chi connectivity index (χ0v) is 15.1. The Bertz CT molecular complexity index is 951. The molecule has 0 unspecified atom stereocenters. The number of phenolic OH excluding ortho intramolecular Hbond substituents is 1. The van der Waals surface area contributed by atoms with Gasteiger partial charge in [0.05, 0.1) is 0 Å². The highest BCUT2D eigenvalue weighted by molar-refractivity contribution is 5.79. The number of rotatable bonds is 4. The van der Waals surface area contributed by atoms with Crippen LogP contribution in [0.25, 0.3) is 11.1 Å². The van der Waals surface area contributed by atoms with Gasteiger partial charge in [-0.3, -0.25) is 0 Å². The molecule has 1 aliphatic rings. The standard InChI is InChI=1S/C23H21NO3/c1-15-10-11-16(12-22(15)25)13-24-23(26)27-14-21-19-8-4-2-6-17(19)18-7-3-5-9-20(18)21/h2-12,21,25H,13-14H2,1H3,(H,24,26). The Kier molecular flexibility index (Phi) is 4.55. The number of aryl methyl sites for hydroxylation is 1. The summed E-state index contributed by atoms with van der Waals surface area (Å²) in [5.74, 6) is 0.272. The second kappa shape index (κ2) is 7.16. The van der Waals surface area contributed by atoms with Crippen LogP contribution < -0.4 is 5.32 Å². The molecule has 2 N–H and O–H groups in total. The summed E-state index contributed by atoms with van der Waals surface area (Å²) in [6.07, 6.45) is -0.461. The first-order valence-corrected chi connectivity index (χ1v) is 9.01. The van der Waals surface area contributed by atoms with Crippen LogP contribution in [0, 0.1) is 6.92 Å². The molecule has 27 heavy (non-hydrogen) atoms. The van der Waals surface area contributed by atoms with Crippen LogP contribution in [0.3, 0.4) is 0 Å². The fraction of sp³-hybridized carbons (Fsp3) is 0.174. The largest absolute Gasteiger partial charge is 0.508 e. The third kappa shape index (κ3) is 3.38. The molecular formula is C23H21NO3. The zero-order chi connectivity index (χ0) is 18.8. The van der Waals surface area contributed by atoms with Crippen LogP contribution in [0.5, 0.6) is 5.75 Å². The monoisotopic (exact) mass is 359 g/mol. The minimum absolute atomic E-state index is 0.0477. The number of alkyl carbamates (subject to hydrolysis) is 1. The number of fused-ring (bicyclic) bond motifs is 3. The first-order valence-electron chi connectivity index (χ1n) is 9.01. The normalized spacial score (nSPS) is 12.3. The van der Waals surface area contributed by atoms with Crippen molar-refractivity contribution in [1.29, 1.82) is 0 Å². The number of phenols is 1. The summed E-state index contributed by atoms with van der Waals surface area (Å²) >= 11 is 0. The smallest absolute Gasteiger partial charge is 0.407 e. The Morgan fingerprint density at radius 1 is 1.00 bits per heavy atom. The van der Waals surface area contributed by atoms with Gasteiger partial charge < -0.3 is 15.2 Å². The quantitative estimate of drug-likeness (QED) is 0.707. The minimum Gasteiger partial charge on any atom is -0.508 e. The fourth-order valence-electron chi connectivity index (χ4n) is 3.59. The van der Waals surface area contributed by atoms with Crippen LogP contribution in [0.15, 0.2) is 66.7 Å². The number of hydrogen-bond donors (Lipinski definition) is 2. The topological polar surface area (TPSA) is 58.6 Å². The predicted octanol–water partition coefficient (Wildman–Crippen LogP) is 4.74. The van der Waals surface area contributed by atoms with E-state index in [1.54, 1.807) is 6.07 Å². The number of ether oxygens (including phenoxy) is 1. The summed E-state index contributed by atoms with van der Waals surface area (Å²) < 4.78 is 5.50. The van der Waals surface area contributed by atoms with E-state index in [0.29, 0.717) is 13.2 Å². The lowest BCUT2D eigenvalue weighted by molar-refractivity contribution is 0.142. The molecule has 0 radical (unpaired) electrons. The van der Waals surface area contributed by atoms with Gasteiger partial charge in [0.2, 0.25) is 0 Å². The summed E-state index contributed by atoms with van der Waals surface area (Å²) in [5.41, 5.74) is 6.42. The molecule has 0 atom stereocenters. The van der Waals surface area contributed by atoms with E-state index in [0.717, 1.165) is 11.1 Å². The van der Waals surface area contributed by atoms with Gasteiger partial charge in [-0.2, -0.15) is 0 Å². The molecular weight excluding hydrogens is 338 g/mol. The highest BCUT2D eigenvalue weighted by atomic mass is 16.5. The predicted molar refractivity (Wildman–Crippen MR) is 105 cm³/mol. The first-order chi connectivity index (χ1) is 13.1. The molecule has 136 valence electrons. The maximum absolute atomic E-state index is 12.2. The van der Waals surface area contributed by atoms with E-state index >= 15 is 0 Å². The maximum atomic E-state index is 12.2. The van der Waals surface area contributed by atoms with Crippen molar-refractivity contribution in [2.45, 2.75) is 19.4 Å². The molecule has 0 saturated carbocycles. The summed E-state index contributed by atoms with van der Waals surface area (Å²) in [5, 5.41) is 12.5. The third-order valence-electron chi connectivity index (χ3n) is 5.05. The average molecular weight is 359 g/mol. The Morgan fingerprint density at radius 2 is 1.63 bits per heavy atom. The molecule has 4 nitrogen and oxygen atoms in total. The van der Waals surface area contributed by atoms with Crippen LogP contribution in [0.4, 0.5) is 4.79 Å². The van der Waals surface area contributed by atoms with Crippen LogP contribution in [0.2, 0.25) is 0 Å². The van der Waals surface area contributed by atoms with Crippen molar-refractivity contribution in [2.75, 3.05) is 6.61 Å². The molecule has 0 heterocycles. The lowest BCUT2D eigenvalue weighted by Crippen LogP contribution is -2.25. The Hall–Kier alpha value is -3.27. The number of hydrogen-bond acceptors (Lipinski definition) is 3. The van der Waals surface area contributed by atoms with Crippen LogP contribution >= 0.6 is 0 Å². The summed E-state index contributed by atoms with van der Waals surface area (Å²) in [4.78, 5) is 12.2. The SMILES string of the molecule is Cc1ccc(CNC(=O)OCC2c3ccccc3-c3ccccc32)cc1O. The van der Waals surface area contributed by atoms with Gasteiger partial charge in [-0.15, -0.1) is 0 Å². The Labute approximate surface area is 158 Å². The fourth-order valence-corrected chi connectivity index (χ4v) is 3.59. The first kappa shape index (κ1) is 17.2. The van der Waals surface area contributed by atoms with Crippen LogP contribution in [-0.4, -0.2) is 17.8 Å². The molecule has 0 aromatic heterocycles. The van der Waals surface area contributed by atoms with Gasteiger partial charge >= 0.3 is 6.09 Å². The summed E-state index contributed by atoms with van der Waals surface area (Å²) in [6.45, 7) is 2.43. The van der Waals surface area contributed by atoms with Gasteiger partial charge in [0.25, 0.3) is 0 Å². The van der Waals surface area contributed by atoms with Gasteiger partial charge in [-0.1, -0.05) is 60.7 Å². The van der Waals surface area contributed by atoms with Crippen molar-refractivity contribution in [1.82, 2.24) is 5.32 Å². The summed E-state index contributed by atoms with van der Waals surface area (Å²) in [6, 6.07) is 21.8. The molecule has 0 bridgehead atoms. The van der Waals surface area contributed by atoms with Crippen molar-refractivity contribution < 1.29 is 14.6 Å². The average Bonchev–Trinajstić information content (AvgIpc) is 3.01. The maximum Gasteiger partial charge on any atom is 0.407 e. The highest BCUT2D eigenvalue weighted by Gasteiger charge is 2.28. The van der Waals surface area contributed by atoms with E-state index in [1.165, 1.54) is 22.3 Å². The second-order valence-corrected chi connectivity index (χ2v) is 6.80. The number of nitrogens with one attached hydrogen (secondary N) is 1. The molecule has 0 saturated heterocycles. The van der Waals surface area contributed by atoms with Crippen LogP contribution in [-0.2, 0) is 11.3 Å². The van der Waals surface area contributed by atoms with Crippen molar-refractivity contribution in [3.05, 3.63) is 89.0 Å². The van der Waals surface area contributed by atoms with Crippen LogP contribution in [0.1, 0.15) is 28.2 Å². The van der Waals surface area contributed by atoms with Crippen molar-refractivity contribution in [3.8, 4) is 16.9 Å². The molecule has 0 aliphatic heterocycles. The zero-order valence-electron chi connectivity index (χ0n) is 15.1. The Balaban J connectivity index is 1.41. The lowest BCUT2D eigenvalue weighted by Gasteiger charge is -2.14. The molecule has 0 spiro atoms. The van der Waals surface area contributed by atoms with E-state index in [2.05, 4.69) is 29.6 Å². The van der Waals surface area contributed by atoms with Crippen molar-refractivity contribution >= 4 is 6.09 Å².